The van der Waals surface area contributed by atoms with Gasteiger partial charge in [0.2, 0.25) is 0 Å². The van der Waals surface area contributed by atoms with Gasteiger partial charge in [-0.15, -0.1) is 0 Å². The van der Waals surface area contributed by atoms with Crippen LogP contribution in [0.1, 0.15) is 12.8 Å². The number of ether oxygens (including phenoxy) is 2. The van der Waals surface area contributed by atoms with E-state index >= 15 is 0 Å². The molecule has 0 unspecified atom stereocenters. The van der Waals surface area contributed by atoms with Gasteiger partial charge in [0, 0.05) is 52.4 Å². The van der Waals surface area contributed by atoms with Crippen LogP contribution in [0.5, 0.6) is 0 Å². The summed E-state index contributed by atoms with van der Waals surface area (Å²) in [6.45, 7) is 18.2. The number of hydrogen-bond acceptors (Lipinski definition) is 6. The molecule has 3 rings (SSSR count). The molecule has 3 aliphatic heterocycles. The van der Waals surface area contributed by atoms with E-state index in [9.17, 15) is 0 Å². The fraction of sp³-hybridized carbons (Fsp3) is 1.00. The van der Waals surface area contributed by atoms with E-state index in [0.717, 1.165) is 52.6 Å². The summed E-state index contributed by atoms with van der Waals surface area (Å²) in [5, 5.41) is 0. The topological polar surface area (TPSA) is 31.4 Å². The number of hydrogen-bond donors (Lipinski definition) is 0. The maximum absolute atomic E-state index is 5.41. The molecule has 3 heterocycles. The summed E-state index contributed by atoms with van der Waals surface area (Å²) in [4.78, 5) is 10.4. The molecule has 140 valence electrons. The molecule has 0 aromatic rings. The van der Waals surface area contributed by atoms with Gasteiger partial charge in [0.15, 0.2) is 0 Å². The van der Waals surface area contributed by atoms with Crippen molar-refractivity contribution >= 4 is 0 Å². The first-order valence-corrected chi connectivity index (χ1v) is 9.95. The fourth-order valence-electron chi connectivity index (χ4n) is 3.92. The van der Waals surface area contributed by atoms with Crippen molar-refractivity contribution in [2.24, 2.45) is 0 Å². The molecule has 3 aliphatic rings. The van der Waals surface area contributed by atoms with Gasteiger partial charge in [-0.05, 0) is 39.0 Å². The van der Waals surface area contributed by atoms with Crippen molar-refractivity contribution in [1.29, 1.82) is 0 Å². The van der Waals surface area contributed by atoms with E-state index in [0.29, 0.717) is 0 Å². The molecule has 0 aromatic heterocycles. The number of morpholine rings is 2. The van der Waals surface area contributed by atoms with E-state index in [4.69, 9.17) is 9.47 Å². The third-order valence-electron chi connectivity index (χ3n) is 5.57. The van der Waals surface area contributed by atoms with Gasteiger partial charge in [0.05, 0.1) is 26.4 Å². The number of nitrogens with zero attached hydrogens (tertiary/aromatic N) is 4. The lowest BCUT2D eigenvalue weighted by molar-refractivity contribution is 0.0332. The summed E-state index contributed by atoms with van der Waals surface area (Å²) >= 11 is 0. The Hall–Kier alpha value is -0.240. The molecule has 0 spiro atoms. The molecular weight excluding hydrogens is 304 g/mol. The van der Waals surface area contributed by atoms with E-state index in [-0.39, 0.29) is 0 Å². The largest absolute Gasteiger partial charge is 0.379 e. The van der Waals surface area contributed by atoms with Crippen molar-refractivity contribution in [2.45, 2.75) is 12.8 Å². The van der Waals surface area contributed by atoms with Crippen LogP contribution in [0.15, 0.2) is 0 Å². The van der Waals surface area contributed by atoms with Gasteiger partial charge in [-0.1, -0.05) is 0 Å². The van der Waals surface area contributed by atoms with Gasteiger partial charge in [-0.2, -0.15) is 0 Å². The predicted octanol–water partition coefficient (Wildman–Crippen LogP) is 0.0486. The lowest BCUT2D eigenvalue weighted by Gasteiger charge is -2.36. The summed E-state index contributed by atoms with van der Waals surface area (Å²) in [6.07, 6.45) is 2.61. The van der Waals surface area contributed by atoms with Gasteiger partial charge in [0.1, 0.15) is 0 Å². The summed E-state index contributed by atoms with van der Waals surface area (Å²) in [7, 11) is 0. The Bertz CT molecular complexity index is 293. The molecule has 6 heteroatoms. The molecule has 0 saturated carbocycles. The maximum atomic E-state index is 5.41. The quantitative estimate of drug-likeness (QED) is 0.621. The zero-order valence-electron chi connectivity index (χ0n) is 15.3. The predicted molar refractivity (Wildman–Crippen MR) is 96.6 cm³/mol. The second-order valence-corrected chi connectivity index (χ2v) is 7.30. The second-order valence-electron chi connectivity index (χ2n) is 7.30. The highest BCUT2D eigenvalue weighted by Gasteiger charge is 2.17. The third-order valence-corrected chi connectivity index (χ3v) is 5.57. The first-order valence-electron chi connectivity index (χ1n) is 9.95. The smallest absolute Gasteiger partial charge is 0.0594 e. The van der Waals surface area contributed by atoms with Crippen molar-refractivity contribution in [1.82, 2.24) is 19.6 Å². The Labute approximate surface area is 147 Å². The van der Waals surface area contributed by atoms with Crippen LogP contribution in [0, 0.1) is 0 Å². The lowest BCUT2D eigenvalue weighted by Crippen LogP contribution is -2.48. The van der Waals surface area contributed by atoms with Gasteiger partial charge in [0.25, 0.3) is 0 Å². The monoisotopic (exact) mass is 340 g/mol. The number of rotatable bonds is 8. The molecule has 24 heavy (non-hydrogen) atoms. The van der Waals surface area contributed by atoms with Crippen molar-refractivity contribution in [3.63, 3.8) is 0 Å². The standard InChI is InChI=1S/C18H36N4O2/c1(5-21-11-15-23-16-12-21)3-19-7-9-20(10-8-19)4-2-6-22-13-17-24-18-14-22/h1-18H2. The molecular formula is C18H36N4O2. The Morgan fingerprint density at radius 2 is 0.708 bits per heavy atom. The third kappa shape index (κ3) is 6.58. The summed E-state index contributed by atoms with van der Waals surface area (Å²) in [5.74, 6) is 0. The summed E-state index contributed by atoms with van der Waals surface area (Å²) in [5.41, 5.74) is 0. The normalized spacial score (nSPS) is 26.0. The minimum absolute atomic E-state index is 0.920. The van der Waals surface area contributed by atoms with Crippen molar-refractivity contribution in [3.8, 4) is 0 Å². The minimum atomic E-state index is 0.920. The van der Waals surface area contributed by atoms with Crippen LogP contribution in [0.4, 0.5) is 0 Å². The lowest BCUT2D eigenvalue weighted by atomic mass is 10.2. The van der Waals surface area contributed by atoms with Crippen LogP contribution in [-0.4, -0.2) is 125 Å². The molecule has 0 aromatic carbocycles. The SMILES string of the molecule is C(CN1CCOCC1)CN1CCN(CCCN2CCOCC2)CC1. The molecule has 0 atom stereocenters. The van der Waals surface area contributed by atoms with Crippen molar-refractivity contribution in [3.05, 3.63) is 0 Å². The van der Waals surface area contributed by atoms with E-state index in [1.54, 1.807) is 0 Å². The highest BCUT2D eigenvalue weighted by Crippen LogP contribution is 2.06. The molecule has 0 aliphatic carbocycles. The zero-order chi connectivity index (χ0) is 16.5. The summed E-state index contributed by atoms with van der Waals surface area (Å²) < 4.78 is 10.8. The Kier molecular flexibility index (Phi) is 8.26. The zero-order valence-corrected chi connectivity index (χ0v) is 15.3. The average molecular weight is 341 g/mol. The van der Waals surface area contributed by atoms with Crippen molar-refractivity contribution < 1.29 is 9.47 Å². The highest BCUT2D eigenvalue weighted by atomic mass is 16.5. The van der Waals surface area contributed by atoms with Gasteiger partial charge in [-0.25, -0.2) is 0 Å². The first-order chi connectivity index (χ1) is 11.9. The molecule has 6 nitrogen and oxygen atoms in total. The van der Waals surface area contributed by atoms with Crippen LogP contribution >= 0.6 is 0 Å². The summed E-state index contributed by atoms with van der Waals surface area (Å²) in [6, 6.07) is 0. The van der Waals surface area contributed by atoms with E-state index in [2.05, 4.69) is 19.6 Å². The van der Waals surface area contributed by atoms with Gasteiger partial charge in [-0.3, -0.25) is 9.80 Å². The van der Waals surface area contributed by atoms with Crippen molar-refractivity contribution in [2.75, 3.05) is 105 Å². The van der Waals surface area contributed by atoms with E-state index in [1.807, 2.05) is 0 Å². The fourth-order valence-corrected chi connectivity index (χ4v) is 3.92. The molecule has 0 amide bonds. The number of piperazine rings is 1. The van der Waals surface area contributed by atoms with Crippen LogP contribution in [0.3, 0.4) is 0 Å². The van der Waals surface area contributed by atoms with Crippen LogP contribution in [0.25, 0.3) is 0 Å². The highest BCUT2D eigenvalue weighted by molar-refractivity contribution is 4.73. The Balaban J connectivity index is 1.19. The second kappa shape index (κ2) is 10.7. The average Bonchev–Trinajstić information content (AvgIpc) is 2.65. The molecule has 3 fully saturated rings. The van der Waals surface area contributed by atoms with Crippen LogP contribution in [0.2, 0.25) is 0 Å². The van der Waals surface area contributed by atoms with Crippen LogP contribution < -0.4 is 0 Å². The van der Waals surface area contributed by atoms with E-state index < -0.39 is 0 Å². The van der Waals surface area contributed by atoms with Gasteiger partial charge >= 0.3 is 0 Å². The molecule has 0 bridgehead atoms. The van der Waals surface area contributed by atoms with E-state index in [1.165, 1.54) is 65.2 Å². The Morgan fingerprint density at radius 3 is 1.04 bits per heavy atom. The maximum Gasteiger partial charge on any atom is 0.0594 e. The van der Waals surface area contributed by atoms with Crippen LogP contribution in [-0.2, 0) is 9.47 Å². The molecule has 0 N–H and O–H groups in total. The minimum Gasteiger partial charge on any atom is -0.379 e. The first kappa shape index (κ1) is 18.5. The molecule has 3 saturated heterocycles. The Morgan fingerprint density at radius 1 is 0.417 bits per heavy atom. The van der Waals surface area contributed by atoms with Gasteiger partial charge < -0.3 is 19.3 Å². The molecule has 0 radical (unpaired) electrons.